The predicted molar refractivity (Wildman–Crippen MR) is 115 cm³/mol. The Morgan fingerprint density at radius 3 is 2.70 bits per heavy atom. The monoisotopic (exact) mass is 472 g/mol. The average molecular weight is 473 g/mol. The first-order valence-electron chi connectivity index (χ1n) is 9.83. The average Bonchev–Trinajstić information content (AvgIpc) is 3.15. The molecule has 4 rings (SSSR count). The molecule has 0 radical (unpaired) electrons. The fraction of sp³-hybridized carbons (Fsp3) is 0.333. The van der Waals surface area contributed by atoms with Crippen molar-refractivity contribution in [1.29, 1.82) is 0 Å². The maximum atomic E-state index is 13.5. The lowest BCUT2D eigenvalue weighted by atomic mass is 10.00. The number of hydrogen-bond acceptors (Lipinski definition) is 5. The summed E-state index contributed by atoms with van der Waals surface area (Å²) in [6.45, 7) is 1.23. The van der Waals surface area contributed by atoms with E-state index in [4.69, 9.17) is 0 Å². The van der Waals surface area contributed by atoms with Crippen LogP contribution < -0.4 is 5.32 Å². The molecule has 1 N–H and O–H groups in total. The van der Waals surface area contributed by atoms with Crippen LogP contribution in [0.4, 0.5) is 10.3 Å². The van der Waals surface area contributed by atoms with E-state index < -0.39 is 0 Å². The lowest BCUT2D eigenvalue weighted by molar-refractivity contribution is 0.0622. The molecule has 1 aromatic carbocycles. The van der Waals surface area contributed by atoms with E-state index in [0.29, 0.717) is 30.3 Å². The number of likely N-dealkylation sites (tertiary alicyclic amines) is 1. The van der Waals surface area contributed by atoms with Crippen molar-refractivity contribution in [2.75, 3.05) is 18.4 Å². The largest absolute Gasteiger partial charge is 0.352 e. The molecule has 2 aromatic heterocycles. The number of benzene rings is 1. The molecule has 1 aliphatic heterocycles. The van der Waals surface area contributed by atoms with Crippen molar-refractivity contribution >= 4 is 27.8 Å². The van der Waals surface area contributed by atoms with E-state index in [1.807, 2.05) is 4.90 Å². The second kappa shape index (κ2) is 8.91. The molecule has 156 valence electrons. The van der Waals surface area contributed by atoms with Gasteiger partial charge in [0.15, 0.2) is 5.69 Å². The number of nitrogens with one attached hydrogen (secondary N) is 1. The lowest BCUT2D eigenvalue weighted by Crippen LogP contribution is -2.47. The third-order valence-corrected chi connectivity index (χ3v) is 5.60. The van der Waals surface area contributed by atoms with Crippen LogP contribution in [0.15, 0.2) is 47.3 Å². The summed E-state index contributed by atoms with van der Waals surface area (Å²) in [5.41, 5.74) is 1.86. The van der Waals surface area contributed by atoms with Gasteiger partial charge in [-0.2, -0.15) is 5.10 Å². The molecule has 0 saturated carbocycles. The van der Waals surface area contributed by atoms with E-state index in [1.54, 1.807) is 42.5 Å². The zero-order valence-electron chi connectivity index (χ0n) is 16.6. The van der Waals surface area contributed by atoms with Gasteiger partial charge in [0, 0.05) is 50.3 Å². The van der Waals surface area contributed by atoms with Gasteiger partial charge in [-0.05, 0) is 52.9 Å². The van der Waals surface area contributed by atoms with Crippen LogP contribution >= 0.6 is 15.9 Å². The molecule has 1 aliphatic rings. The number of hydrogen-bond donors (Lipinski definition) is 1. The summed E-state index contributed by atoms with van der Waals surface area (Å²) < 4.78 is 15.8. The molecule has 1 unspecified atom stereocenters. The number of carbonyl (C=O) groups excluding carboxylic acids is 1. The summed E-state index contributed by atoms with van der Waals surface area (Å²) in [5, 5.41) is 7.66. The molecular weight excluding hydrogens is 451 g/mol. The molecule has 7 nitrogen and oxygen atoms in total. The molecule has 1 saturated heterocycles. The van der Waals surface area contributed by atoms with Gasteiger partial charge in [-0.25, -0.2) is 14.4 Å². The molecule has 0 aliphatic carbocycles. The summed E-state index contributed by atoms with van der Waals surface area (Å²) >= 11 is 3.32. The highest BCUT2D eigenvalue weighted by molar-refractivity contribution is 9.10. The Hall–Kier alpha value is -2.81. The van der Waals surface area contributed by atoms with E-state index in [0.717, 1.165) is 29.3 Å². The minimum absolute atomic E-state index is 0.0153. The molecule has 0 spiro atoms. The highest BCUT2D eigenvalue weighted by Gasteiger charge is 2.30. The molecule has 3 heterocycles. The van der Waals surface area contributed by atoms with Gasteiger partial charge in [0.05, 0.1) is 4.47 Å². The first-order valence-corrected chi connectivity index (χ1v) is 10.6. The Morgan fingerprint density at radius 1 is 1.23 bits per heavy atom. The van der Waals surface area contributed by atoms with Crippen LogP contribution in [-0.4, -0.2) is 49.7 Å². The maximum Gasteiger partial charge on any atom is 0.275 e. The Kier molecular flexibility index (Phi) is 6.08. The number of halogens is 2. The van der Waals surface area contributed by atoms with Gasteiger partial charge in [-0.3, -0.25) is 9.48 Å². The Balaban J connectivity index is 1.55. The Bertz CT molecular complexity index is 1020. The summed E-state index contributed by atoms with van der Waals surface area (Å²) in [6.07, 6.45) is 8.07. The van der Waals surface area contributed by atoms with Crippen molar-refractivity contribution in [2.24, 2.45) is 7.05 Å². The maximum absolute atomic E-state index is 13.5. The molecule has 9 heteroatoms. The van der Waals surface area contributed by atoms with Crippen LogP contribution in [0, 0.1) is 5.82 Å². The number of aryl methyl sites for hydroxylation is 1. The highest BCUT2D eigenvalue weighted by atomic mass is 79.9. The minimum Gasteiger partial charge on any atom is -0.352 e. The van der Waals surface area contributed by atoms with E-state index in [1.165, 1.54) is 12.1 Å². The van der Waals surface area contributed by atoms with E-state index >= 15 is 0 Å². The highest BCUT2D eigenvalue weighted by Crippen LogP contribution is 2.27. The zero-order chi connectivity index (χ0) is 21.1. The van der Waals surface area contributed by atoms with E-state index in [-0.39, 0.29) is 17.8 Å². The third kappa shape index (κ3) is 4.51. The van der Waals surface area contributed by atoms with E-state index in [2.05, 4.69) is 36.3 Å². The van der Waals surface area contributed by atoms with Crippen molar-refractivity contribution < 1.29 is 9.18 Å². The number of anilines is 1. The summed E-state index contributed by atoms with van der Waals surface area (Å²) in [7, 11) is 1.78. The van der Waals surface area contributed by atoms with Crippen molar-refractivity contribution in [3.8, 4) is 11.1 Å². The summed E-state index contributed by atoms with van der Waals surface area (Å²) in [4.78, 5) is 23.8. The molecular formula is C21H22BrFN6O. The molecule has 3 aromatic rings. The van der Waals surface area contributed by atoms with Gasteiger partial charge in [-0.1, -0.05) is 12.1 Å². The SMILES string of the molecule is Cn1cc(-c2ccc(F)cc2)c(C(=O)N2CCCCC2CNc2ncc(Br)cn2)n1. The smallest absolute Gasteiger partial charge is 0.275 e. The van der Waals surface area contributed by atoms with Crippen LogP contribution in [0.3, 0.4) is 0 Å². The second-order valence-electron chi connectivity index (χ2n) is 7.33. The summed E-state index contributed by atoms with van der Waals surface area (Å²) in [6, 6.07) is 6.14. The first kappa shape index (κ1) is 20.5. The van der Waals surface area contributed by atoms with Crippen molar-refractivity contribution in [2.45, 2.75) is 25.3 Å². The number of nitrogens with zero attached hydrogens (tertiary/aromatic N) is 5. The van der Waals surface area contributed by atoms with E-state index in [9.17, 15) is 9.18 Å². The standard InChI is InChI=1S/C21H22BrFN6O/c1-28-13-18(14-5-7-16(23)8-6-14)19(27-28)20(30)29-9-3-2-4-17(29)12-26-21-24-10-15(22)11-25-21/h5-8,10-11,13,17H,2-4,9,12H2,1H3,(H,24,25,26). The van der Waals surface area contributed by atoms with Crippen LogP contribution in [0.1, 0.15) is 29.8 Å². The number of carbonyl (C=O) groups is 1. The van der Waals surface area contributed by atoms with Gasteiger partial charge < -0.3 is 10.2 Å². The van der Waals surface area contributed by atoms with Gasteiger partial charge in [0.1, 0.15) is 5.82 Å². The van der Waals surface area contributed by atoms with Crippen LogP contribution in [0.25, 0.3) is 11.1 Å². The summed E-state index contributed by atoms with van der Waals surface area (Å²) in [5.74, 6) is 0.104. The first-order chi connectivity index (χ1) is 14.5. The minimum atomic E-state index is -0.312. The Labute approximate surface area is 182 Å². The fourth-order valence-corrected chi connectivity index (χ4v) is 3.92. The Morgan fingerprint density at radius 2 is 1.97 bits per heavy atom. The molecule has 30 heavy (non-hydrogen) atoms. The zero-order valence-corrected chi connectivity index (χ0v) is 18.1. The van der Waals surface area contributed by atoms with Crippen molar-refractivity contribution in [3.05, 3.63) is 58.8 Å². The normalized spacial score (nSPS) is 16.5. The molecule has 1 fully saturated rings. The molecule has 1 atom stereocenters. The van der Waals surface area contributed by atoms with Crippen LogP contribution in [0.2, 0.25) is 0 Å². The van der Waals surface area contributed by atoms with Gasteiger partial charge >= 0.3 is 0 Å². The number of rotatable bonds is 5. The van der Waals surface area contributed by atoms with Gasteiger partial charge in [-0.15, -0.1) is 0 Å². The number of piperidine rings is 1. The fourth-order valence-electron chi connectivity index (χ4n) is 3.72. The quantitative estimate of drug-likeness (QED) is 0.609. The third-order valence-electron chi connectivity index (χ3n) is 5.19. The van der Waals surface area contributed by atoms with Crippen molar-refractivity contribution in [1.82, 2.24) is 24.6 Å². The van der Waals surface area contributed by atoms with Crippen molar-refractivity contribution in [3.63, 3.8) is 0 Å². The second-order valence-corrected chi connectivity index (χ2v) is 8.24. The molecule has 1 amide bonds. The van der Waals surface area contributed by atoms with Crippen LogP contribution in [-0.2, 0) is 7.05 Å². The lowest BCUT2D eigenvalue weighted by Gasteiger charge is -2.35. The predicted octanol–water partition coefficient (Wildman–Crippen LogP) is 3.89. The van der Waals surface area contributed by atoms with Gasteiger partial charge in [0.2, 0.25) is 5.95 Å². The number of amides is 1. The molecule has 0 bridgehead atoms. The number of aromatic nitrogens is 4. The van der Waals surface area contributed by atoms with Gasteiger partial charge in [0.25, 0.3) is 5.91 Å². The van der Waals surface area contributed by atoms with Crippen LogP contribution in [0.5, 0.6) is 0 Å². The topological polar surface area (TPSA) is 75.9 Å².